The summed E-state index contributed by atoms with van der Waals surface area (Å²) in [5, 5.41) is 22.9. The van der Waals surface area contributed by atoms with Gasteiger partial charge in [-0.1, -0.05) is 0 Å². The minimum Gasteiger partial charge on any atom is -0.478 e. The number of rotatable bonds is 4. The summed E-state index contributed by atoms with van der Waals surface area (Å²) in [5.41, 5.74) is -1.03. The van der Waals surface area contributed by atoms with Gasteiger partial charge in [-0.05, 0) is 20.3 Å². The maximum atomic E-state index is 11.2. The summed E-state index contributed by atoms with van der Waals surface area (Å²) in [7, 11) is 0. The van der Waals surface area contributed by atoms with Crippen LogP contribution in [-0.2, 0) is 4.74 Å². The van der Waals surface area contributed by atoms with Gasteiger partial charge in [0, 0.05) is 12.7 Å². The van der Waals surface area contributed by atoms with Gasteiger partial charge in [0.2, 0.25) is 0 Å². The summed E-state index contributed by atoms with van der Waals surface area (Å²) in [4.78, 5) is 25.1. The highest BCUT2D eigenvalue weighted by atomic mass is 16.6. The first kappa shape index (κ1) is 14.2. The van der Waals surface area contributed by atoms with E-state index in [0.717, 1.165) is 12.3 Å². The smallest absolute Gasteiger partial charge is 0.339 e. The van der Waals surface area contributed by atoms with Gasteiger partial charge >= 0.3 is 5.97 Å². The zero-order valence-electron chi connectivity index (χ0n) is 11.1. The molecule has 1 saturated heterocycles. The zero-order valence-corrected chi connectivity index (χ0v) is 11.1. The molecule has 0 aliphatic carbocycles. The van der Waals surface area contributed by atoms with E-state index in [0.29, 0.717) is 13.0 Å². The highest BCUT2D eigenvalue weighted by Gasteiger charge is 2.38. The van der Waals surface area contributed by atoms with Crippen molar-refractivity contribution in [1.82, 2.24) is 4.98 Å². The van der Waals surface area contributed by atoms with Crippen LogP contribution in [0.1, 0.15) is 30.6 Å². The third-order valence-electron chi connectivity index (χ3n) is 3.60. The fourth-order valence-corrected chi connectivity index (χ4v) is 2.09. The molecule has 0 amide bonds. The van der Waals surface area contributed by atoms with Crippen LogP contribution < -0.4 is 5.32 Å². The number of aromatic carboxylic acids is 1. The normalized spacial score (nSPS) is 25.4. The van der Waals surface area contributed by atoms with Crippen LogP contribution in [-0.4, -0.2) is 39.2 Å². The van der Waals surface area contributed by atoms with Crippen LogP contribution in [0.25, 0.3) is 0 Å². The van der Waals surface area contributed by atoms with Gasteiger partial charge in [0.25, 0.3) is 5.69 Å². The average Bonchev–Trinajstić information content (AvgIpc) is 2.69. The largest absolute Gasteiger partial charge is 0.478 e. The lowest BCUT2D eigenvalue weighted by Gasteiger charge is -2.29. The van der Waals surface area contributed by atoms with Crippen molar-refractivity contribution >= 4 is 17.5 Å². The van der Waals surface area contributed by atoms with Gasteiger partial charge in [0.1, 0.15) is 17.6 Å². The van der Waals surface area contributed by atoms with Crippen LogP contribution in [0.15, 0.2) is 12.3 Å². The number of nitrogens with one attached hydrogen (secondary N) is 1. The Kier molecular flexibility index (Phi) is 3.58. The number of aromatic nitrogens is 1. The van der Waals surface area contributed by atoms with E-state index in [9.17, 15) is 14.9 Å². The number of carboxylic acid groups (broad SMARTS) is 1. The molecule has 2 heterocycles. The number of anilines is 1. The van der Waals surface area contributed by atoms with Crippen molar-refractivity contribution in [2.24, 2.45) is 0 Å². The molecule has 0 bridgehead atoms. The molecule has 8 heteroatoms. The van der Waals surface area contributed by atoms with Crippen molar-refractivity contribution in [1.29, 1.82) is 0 Å². The zero-order chi connectivity index (χ0) is 14.9. The molecule has 108 valence electrons. The summed E-state index contributed by atoms with van der Waals surface area (Å²) in [6, 6.07) is 1.00. The molecule has 1 aliphatic heterocycles. The van der Waals surface area contributed by atoms with E-state index in [-0.39, 0.29) is 23.2 Å². The molecular formula is C12H15N3O5. The van der Waals surface area contributed by atoms with Gasteiger partial charge in [-0.2, -0.15) is 0 Å². The highest BCUT2D eigenvalue weighted by molar-refractivity contribution is 5.94. The van der Waals surface area contributed by atoms with E-state index in [2.05, 4.69) is 10.3 Å². The number of carboxylic acids is 1. The Hall–Kier alpha value is -2.22. The molecule has 20 heavy (non-hydrogen) atoms. The van der Waals surface area contributed by atoms with Gasteiger partial charge < -0.3 is 15.2 Å². The molecule has 1 fully saturated rings. The van der Waals surface area contributed by atoms with Crippen molar-refractivity contribution in [3.63, 3.8) is 0 Å². The summed E-state index contributed by atoms with van der Waals surface area (Å²) >= 11 is 0. The molecule has 0 radical (unpaired) electrons. The third-order valence-corrected chi connectivity index (χ3v) is 3.60. The molecule has 1 aromatic rings. The van der Waals surface area contributed by atoms with Crippen molar-refractivity contribution in [3.8, 4) is 0 Å². The highest BCUT2D eigenvalue weighted by Crippen LogP contribution is 2.30. The monoisotopic (exact) mass is 281 g/mol. The van der Waals surface area contributed by atoms with Crippen LogP contribution in [0.5, 0.6) is 0 Å². The molecule has 0 aromatic carbocycles. The maximum Gasteiger partial charge on any atom is 0.339 e. The number of hydrogen-bond donors (Lipinski definition) is 2. The standard InChI is InChI=1S/C12H15N3O5/c1-7-12(2,3-4-20-7)14-10-9(11(16)17)5-8(6-13-10)15(18)19/h5-7H,3-4H2,1-2H3,(H,13,14)(H,16,17). The second-order valence-electron chi connectivity index (χ2n) is 4.96. The lowest BCUT2D eigenvalue weighted by atomic mass is 9.94. The maximum absolute atomic E-state index is 11.2. The van der Waals surface area contributed by atoms with Crippen LogP contribution >= 0.6 is 0 Å². The molecule has 2 atom stereocenters. The summed E-state index contributed by atoms with van der Waals surface area (Å²) in [5.74, 6) is -1.15. The van der Waals surface area contributed by atoms with E-state index in [1.54, 1.807) is 0 Å². The summed E-state index contributed by atoms with van der Waals surface area (Å²) in [6.45, 7) is 4.35. The first-order valence-electron chi connectivity index (χ1n) is 6.11. The Morgan fingerprint density at radius 3 is 2.90 bits per heavy atom. The van der Waals surface area contributed by atoms with Gasteiger partial charge in [-0.15, -0.1) is 0 Å². The second kappa shape index (κ2) is 5.04. The number of ether oxygens (including phenoxy) is 1. The van der Waals surface area contributed by atoms with E-state index in [1.165, 1.54) is 0 Å². The fraction of sp³-hybridized carbons (Fsp3) is 0.500. The second-order valence-corrected chi connectivity index (χ2v) is 4.96. The number of carbonyl (C=O) groups is 1. The Morgan fingerprint density at radius 1 is 1.70 bits per heavy atom. The van der Waals surface area contributed by atoms with Crippen LogP contribution in [0.4, 0.5) is 11.5 Å². The van der Waals surface area contributed by atoms with Gasteiger partial charge in [-0.3, -0.25) is 10.1 Å². The quantitative estimate of drug-likeness (QED) is 0.637. The molecule has 1 aromatic heterocycles. The van der Waals surface area contributed by atoms with Gasteiger partial charge in [0.15, 0.2) is 0 Å². The average molecular weight is 281 g/mol. The number of hydrogen-bond acceptors (Lipinski definition) is 6. The van der Waals surface area contributed by atoms with Crippen LogP contribution in [0, 0.1) is 10.1 Å². The first-order chi connectivity index (χ1) is 9.33. The van der Waals surface area contributed by atoms with Crippen molar-refractivity contribution in [2.75, 3.05) is 11.9 Å². The Bertz CT molecular complexity index is 562. The Balaban J connectivity index is 2.36. The van der Waals surface area contributed by atoms with Crippen LogP contribution in [0.2, 0.25) is 0 Å². The van der Waals surface area contributed by atoms with Crippen molar-refractivity contribution in [3.05, 3.63) is 27.9 Å². The Labute approximate surface area is 114 Å². The molecule has 2 N–H and O–H groups in total. The van der Waals surface area contributed by atoms with Crippen LogP contribution in [0.3, 0.4) is 0 Å². The van der Waals surface area contributed by atoms with Gasteiger partial charge in [0.05, 0.1) is 16.6 Å². The minimum absolute atomic E-state index is 0.110. The summed E-state index contributed by atoms with van der Waals surface area (Å²) < 4.78 is 5.46. The summed E-state index contributed by atoms with van der Waals surface area (Å²) in [6.07, 6.45) is 1.63. The SMILES string of the molecule is CC1OCCC1(C)Nc1ncc([N+](=O)[O-])cc1C(=O)O. The van der Waals surface area contributed by atoms with E-state index in [1.807, 2.05) is 13.8 Å². The number of nitro groups is 1. The molecule has 2 rings (SSSR count). The topological polar surface area (TPSA) is 115 Å². The molecule has 0 saturated carbocycles. The van der Waals surface area contributed by atoms with E-state index in [4.69, 9.17) is 9.84 Å². The van der Waals surface area contributed by atoms with E-state index >= 15 is 0 Å². The molecule has 0 spiro atoms. The molecule has 8 nitrogen and oxygen atoms in total. The number of pyridine rings is 1. The van der Waals surface area contributed by atoms with Crippen molar-refractivity contribution in [2.45, 2.75) is 31.9 Å². The molecular weight excluding hydrogens is 266 g/mol. The Morgan fingerprint density at radius 2 is 2.40 bits per heavy atom. The van der Waals surface area contributed by atoms with Crippen molar-refractivity contribution < 1.29 is 19.6 Å². The lowest BCUT2D eigenvalue weighted by molar-refractivity contribution is -0.385. The number of nitrogens with zero attached hydrogens (tertiary/aromatic N) is 2. The molecule has 2 unspecified atom stereocenters. The van der Waals surface area contributed by atoms with E-state index < -0.39 is 16.4 Å². The first-order valence-corrected chi connectivity index (χ1v) is 6.11. The lowest BCUT2D eigenvalue weighted by Crippen LogP contribution is -2.42. The predicted molar refractivity (Wildman–Crippen MR) is 69.9 cm³/mol. The van der Waals surface area contributed by atoms with Gasteiger partial charge in [-0.25, -0.2) is 9.78 Å². The third kappa shape index (κ3) is 2.55. The predicted octanol–water partition coefficient (Wildman–Crippen LogP) is 1.67. The minimum atomic E-state index is -1.26. The molecule has 1 aliphatic rings. The fourth-order valence-electron chi connectivity index (χ4n) is 2.09.